The van der Waals surface area contributed by atoms with Crippen LogP contribution in [0.25, 0.3) is 0 Å². The van der Waals surface area contributed by atoms with Gasteiger partial charge < -0.3 is 10.2 Å². The van der Waals surface area contributed by atoms with Gasteiger partial charge in [0, 0.05) is 32.7 Å². The minimum Gasteiger partial charge on any atom is -0.314 e. The van der Waals surface area contributed by atoms with E-state index in [1.165, 1.54) is 37.2 Å². The van der Waals surface area contributed by atoms with Crippen LogP contribution in [0.2, 0.25) is 0 Å². The van der Waals surface area contributed by atoms with Crippen molar-refractivity contribution in [2.45, 2.75) is 20.3 Å². The van der Waals surface area contributed by atoms with E-state index >= 15 is 0 Å². The molecule has 1 N–H and O–H groups in total. The number of hydrogen-bond donors (Lipinski definition) is 1. The van der Waals surface area contributed by atoms with E-state index in [4.69, 9.17) is 0 Å². The number of nitrogens with one attached hydrogen (secondary N) is 1. The van der Waals surface area contributed by atoms with Crippen LogP contribution >= 0.6 is 0 Å². The van der Waals surface area contributed by atoms with Gasteiger partial charge in [0.25, 0.3) is 0 Å². The Bertz CT molecular complexity index is 343. The topological polar surface area (TPSA) is 15.3 Å². The fourth-order valence-corrected chi connectivity index (χ4v) is 2.64. The predicted molar refractivity (Wildman–Crippen MR) is 73.4 cm³/mol. The van der Waals surface area contributed by atoms with Crippen molar-refractivity contribution in [3.63, 3.8) is 0 Å². The Hall–Kier alpha value is -0.860. The molecule has 1 fully saturated rings. The largest absolute Gasteiger partial charge is 0.314 e. The van der Waals surface area contributed by atoms with Crippen LogP contribution in [-0.4, -0.2) is 37.6 Å². The molecule has 0 radical (unpaired) electrons. The van der Waals surface area contributed by atoms with Crippen LogP contribution in [0.15, 0.2) is 24.3 Å². The monoisotopic (exact) mass is 232 g/mol. The molecule has 0 aliphatic carbocycles. The Kier molecular flexibility index (Phi) is 4.57. The van der Waals surface area contributed by atoms with Gasteiger partial charge in [-0.2, -0.15) is 0 Å². The second-order valence-corrected chi connectivity index (χ2v) is 5.35. The van der Waals surface area contributed by atoms with Crippen LogP contribution in [0.4, 0.5) is 0 Å². The zero-order valence-corrected chi connectivity index (χ0v) is 11.1. The van der Waals surface area contributed by atoms with Gasteiger partial charge in [0.2, 0.25) is 0 Å². The van der Waals surface area contributed by atoms with Crippen molar-refractivity contribution in [1.82, 2.24) is 10.2 Å². The molecule has 1 heterocycles. The molecule has 1 aliphatic rings. The van der Waals surface area contributed by atoms with E-state index in [0.717, 1.165) is 19.0 Å². The molecule has 2 nitrogen and oxygen atoms in total. The Morgan fingerprint density at radius 3 is 2.76 bits per heavy atom. The molecule has 1 aliphatic heterocycles. The molecule has 17 heavy (non-hydrogen) atoms. The highest BCUT2D eigenvalue weighted by Crippen LogP contribution is 2.12. The van der Waals surface area contributed by atoms with E-state index in [0.29, 0.717) is 0 Å². The maximum Gasteiger partial charge on any atom is 0.0107 e. The third-order valence-corrected chi connectivity index (χ3v) is 3.45. The van der Waals surface area contributed by atoms with Gasteiger partial charge in [-0.15, -0.1) is 0 Å². The summed E-state index contributed by atoms with van der Waals surface area (Å²) in [6.07, 6.45) is 1.20. The first-order valence-electron chi connectivity index (χ1n) is 6.72. The first kappa shape index (κ1) is 12.6. The predicted octanol–water partition coefficient (Wildman–Crippen LogP) is 2.08. The third kappa shape index (κ3) is 4.14. The molecule has 0 amide bonds. The van der Waals surface area contributed by atoms with Crippen LogP contribution in [-0.2, 0) is 6.42 Å². The van der Waals surface area contributed by atoms with Gasteiger partial charge in [-0.25, -0.2) is 0 Å². The molecule has 94 valence electrons. The minimum atomic E-state index is 0.745. The molecule has 2 rings (SSSR count). The van der Waals surface area contributed by atoms with Crippen molar-refractivity contribution >= 4 is 0 Å². The van der Waals surface area contributed by atoms with Crippen molar-refractivity contribution < 1.29 is 0 Å². The van der Waals surface area contributed by atoms with Gasteiger partial charge in [0.05, 0.1) is 0 Å². The summed E-state index contributed by atoms with van der Waals surface area (Å²) >= 11 is 0. The van der Waals surface area contributed by atoms with Crippen LogP contribution in [0, 0.1) is 12.8 Å². The van der Waals surface area contributed by atoms with E-state index < -0.39 is 0 Å². The van der Waals surface area contributed by atoms with Crippen molar-refractivity contribution in [2.24, 2.45) is 5.92 Å². The SMILES string of the molecule is Cc1cccc(CC(C)CN2CCNCC2)c1. The highest BCUT2D eigenvalue weighted by atomic mass is 15.2. The second-order valence-electron chi connectivity index (χ2n) is 5.35. The summed E-state index contributed by atoms with van der Waals surface area (Å²) < 4.78 is 0. The summed E-state index contributed by atoms with van der Waals surface area (Å²) in [5.41, 5.74) is 2.85. The van der Waals surface area contributed by atoms with Crippen molar-refractivity contribution in [2.75, 3.05) is 32.7 Å². The molecule has 1 atom stereocenters. The summed E-state index contributed by atoms with van der Waals surface area (Å²) in [6, 6.07) is 8.90. The van der Waals surface area contributed by atoms with Gasteiger partial charge in [-0.05, 0) is 24.8 Å². The molecule has 0 saturated carbocycles. The van der Waals surface area contributed by atoms with E-state index in [1.54, 1.807) is 0 Å². The lowest BCUT2D eigenvalue weighted by Crippen LogP contribution is -2.45. The Labute approximate surface area is 105 Å². The normalized spacial score (nSPS) is 19.2. The van der Waals surface area contributed by atoms with Crippen molar-refractivity contribution in [1.29, 1.82) is 0 Å². The van der Waals surface area contributed by atoms with E-state index in [-0.39, 0.29) is 0 Å². The molecule has 1 unspecified atom stereocenters. The minimum absolute atomic E-state index is 0.745. The summed E-state index contributed by atoms with van der Waals surface area (Å²) in [5, 5.41) is 3.40. The molecule has 1 saturated heterocycles. The fourth-order valence-electron chi connectivity index (χ4n) is 2.64. The molecule has 2 heteroatoms. The number of nitrogens with zero attached hydrogens (tertiary/aromatic N) is 1. The van der Waals surface area contributed by atoms with Crippen LogP contribution < -0.4 is 5.32 Å². The number of piperazine rings is 1. The average Bonchev–Trinajstić information content (AvgIpc) is 2.30. The third-order valence-electron chi connectivity index (χ3n) is 3.45. The highest BCUT2D eigenvalue weighted by molar-refractivity contribution is 5.22. The van der Waals surface area contributed by atoms with E-state index in [9.17, 15) is 0 Å². The second kappa shape index (κ2) is 6.18. The lowest BCUT2D eigenvalue weighted by atomic mass is 9.99. The number of hydrogen-bond acceptors (Lipinski definition) is 2. The van der Waals surface area contributed by atoms with Gasteiger partial charge in [-0.3, -0.25) is 0 Å². The number of aryl methyl sites for hydroxylation is 1. The van der Waals surface area contributed by atoms with Crippen LogP contribution in [0.3, 0.4) is 0 Å². The fraction of sp³-hybridized carbons (Fsp3) is 0.600. The summed E-state index contributed by atoms with van der Waals surface area (Å²) in [6.45, 7) is 10.5. The standard InChI is InChI=1S/C15H24N2/c1-13-4-3-5-15(10-13)11-14(2)12-17-8-6-16-7-9-17/h3-5,10,14,16H,6-9,11-12H2,1-2H3. The molecule has 0 bridgehead atoms. The highest BCUT2D eigenvalue weighted by Gasteiger charge is 2.13. The smallest absolute Gasteiger partial charge is 0.0107 e. The molecule has 1 aromatic rings. The zero-order valence-electron chi connectivity index (χ0n) is 11.1. The summed E-state index contributed by atoms with van der Waals surface area (Å²) in [7, 11) is 0. The quantitative estimate of drug-likeness (QED) is 0.855. The Morgan fingerprint density at radius 1 is 1.29 bits per heavy atom. The Morgan fingerprint density at radius 2 is 2.06 bits per heavy atom. The number of rotatable bonds is 4. The lowest BCUT2D eigenvalue weighted by Gasteiger charge is -2.29. The molecule has 0 spiro atoms. The van der Waals surface area contributed by atoms with Crippen molar-refractivity contribution in [3.05, 3.63) is 35.4 Å². The van der Waals surface area contributed by atoms with E-state index in [1.807, 2.05) is 0 Å². The van der Waals surface area contributed by atoms with Crippen molar-refractivity contribution in [3.8, 4) is 0 Å². The summed E-state index contributed by atoms with van der Waals surface area (Å²) in [4.78, 5) is 2.58. The first-order valence-corrected chi connectivity index (χ1v) is 6.72. The maximum absolute atomic E-state index is 3.40. The lowest BCUT2D eigenvalue weighted by molar-refractivity contribution is 0.211. The maximum atomic E-state index is 3.40. The van der Waals surface area contributed by atoms with Gasteiger partial charge in [-0.1, -0.05) is 36.8 Å². The first-order chi connectivity index (χ1) is 8.24. The molecule has 1 aromatic carbocycles. The molecule has 0 aromatic heterocycles. The molecular formula is C15H24N2. The number of benzene rings is 1. The van der Waals surface area contributed by atoms with Crippen LogP contribution in [0.1, 0.15) is 18.1 Å². The average molecular weight is 232 g/mol. The Balaban J connectivity index is 1.82. The summed E-state index contributed by atoms with van der Waals surface area (Å²) in [5.74, 6) is 0.745. The van der Waals surface area contributed by atoms with Gasteiger partial charge >= 0.3 is 0 Å². The van der Waals surface area contributed by atoms with Gasteiger partial charge in [0.1, 0.15) is 0 Å². The zero-order chi connectivity index (χ0) is 12.1. The molecular weight excluding hydrogens is 208 g/mol. The van der Waals surface area contributed by atoms with Crippen LogP contribution in [0.5, 0.6) is 0 Å². The van der Waals surface area contributed by atoms with E-state index in [2.05, 4.69) is 48.3 Å². The van der Waals surface area contributed by atoms with Gasteiger partial charge in [0.15, 0.2) is 0 Å².